The zero-order valence-electron chi connectivity index (χ0n) is 16.6. The van der Waals surface area contributed by atoms with Crippen LogP contribution in [0.5, 0.6) is 11.5 Å². The Morgan fingerprint density at radius 1 is 1.29 bits per heavy atom. The Morgan fingerprint density at radius 3 is 2.57 bits per heavy atom. The number of halogens is 1. The number of ether oxygens (including phenoxy) is 2. The molecule has 0 saturated heterocycles. The molecule has 0 bridgehead atoms. The van der Waals surface area contributed by atoms with Gasteiger partial charge in [0.05, 0.1) is 23.4 Å². The minimum absolute atomic E-state index is 0.0136. The number of nitrogens with one attached hydrogen (secondary N) is 1. The predicted octanol–water partition coefficient (Wildman–Crippen LogP) is 3.78. The smallest absolute Gasteiger partial charge is 0.336 e. The van der Waals surface area contributed by atoms with Gasteiger partial charge in [0.25, 0.3) is 0 Å². The van der Waals surface area contributed by atoms with E-state index in [9.17, 15) is 14.7 Å². The number of methoxy groups -OCH3 is 2. The van der Waals surface area contributed by atoms with E-state index in [0.717, 1.165) is 5.70 Å². The first kappa shape index (κ1) is 20.7. The lowest BCUT2D eigenvalue weighted by Crippen LogP contribution is -2.38. The second-order valence-electron chi connectivity index (χ2n) is 7.98. The molecule has 28 heavy (non-hydrogen) atoms. The van der Waals surface area contributed by atoms with Gasteiger partial charge < -0.3 is 19.9 Å². The van der Waals surface area contributed by atoms with E-state index in [1.807, 2.05) is 29.5 Å². The Labute approximate surface area is 178 Å². The van der Waals surface area contributed by atoms with Crippen LogP contribution < -0.4 is 10.1 Å². The van der Waals surface area contributed by atoms with Crippen LogP contribution >= 0.6 is 22.6 Å². The van der Waals surface area contributed by atoms with Gasteiger partial charge in [-0.1, -0.05) is 13.8 Å². The van der Waals surface area contributed by atoms with Gasteiger partial charge in [-0.25, -0.2) is 4.79 Å². The first-order chi connectivity index (χ1) is 13.1. The predicted molar refractivity (Wildman–Crippen MR) is 113 cm³/mol. The molecule has 0 radical (unpaired) electrons. The molecule has 2 N–H and O–H groups in total. The molecule has 1 aliphatic heterocycles. The largest absolute Gasteiger partial charge is 0.504 e. The van der Waals surface area contributed by atoms with Gasteiger partial charge >= 0.3 is 5.97 Å². The van der Waals surface area contributed by atoms with Gasteiger partial charge in [0.2, 0.25) is 0 Å². The van der Waals surface area contributed by atoms with E-state index in [-0.39, 0.29) is 16.9 Å². The number of phenolic OH excluding ortho intramolecular Hbond substituents is 1. The highest BCUT2D eigenvalue weighted by Crippen LogP contribution is 2.48. The molecular weight excluding hydrogens is 473 g/mol. The number of dihydropyridines is 1. The number of esters is 1. The summed E-state index contributed by atoms with van der Waals surface area (Å²) in [5.41, 5.74) is 3.06. The Kier molecular flexibility index (Phi) is 5.49. The van der Waals surface area contributed by atoms with Crippen LogP contribution in [-0.4, -0.2) is 31.1 Å². The van der Waals surface area contributed by atoms with Crippen molar-refractivity contribution in [2.75, 3.05) is 14.2 Å². The van der Waals surface area contributed by atoms with Gasteiger partial charge in [0.15, 0.2) is 17.3 Å². The SMILES string of the molecule is COC(=O)C1=C(C)NC2=C(C(=O)CC(C)(C)C2)[C@H]1c1cc(I)c(O)c(OC)c1. The summed E-state index contributed by atoms with van der Waals surface area (Å²) < 4.78 is 10.9. The lowest BCUT2D eigenvalue weighted by Gasteiger charge is -2.39. The summed E-state index contributed by atoms with van der Waals surface area (Å²) in [6.45, 7) is 5.94. The van der Waals surface area contributed by atoms with Crippen LogP contribution in [-0.2, 0) is 14.3 Å². The van der Waals surface area contributed by atoms with Crippen molar-refractivity contribution in [1.29, 1.82) is 0 Å². The molecule has 3 rings (SSSR count). The van der Waals surface area contributed by atoms with Crippen LogP contribution in [0.3, 0.4) is 0 Å². The van der Waals surface area contributed by atoms with E-state index in [1.165, 1.54) is 14.2 Å². The van der Waals surface area contributed by atoms with Crippen molar-refractivity contribution in [3.63, 3.8) is 0 Å². The number of aromatic hydroxyl groups is 1. The summed E-state index contributed by atoms with van der Waals surface area (Å²) >= 11 is 2.01. The highest BCUT2D eigenvalue weighted by molar-refractivity contribution is 14.1. The molecule has 0 saturated carbocycles. The van der Waals surface area contributed by atoms with Crippen molar-refractivity contribution in [3.8, 4) is 11.5 Å². The maximum Gasteiger partial charge on any atom is 0.336 e. The molecule has 0 aromatic heterocycles. The number of allylic oxidation sites excluding steroid dienone is 3. The molecule has 1 atom stereocenters. The zero-order chi connectivity index (χ0) is 20.8. The zero-order valence-corrected chi connectivity index (χ0v) is 18.8. The number of rotatable bonds is 3. The number of Topliss-reactive ketones (excluding diaryl/α,β-unsaturated/α-hetero) is 1. The molecule has 0 unspecified atom stereocenters. The Morgan fingerprint density at radius 2 is 1.96 bits per heavy atom. The number of phenols is 1. The van der Waals surface area contributed by atoms with E-state index < -0.39 is 11.9 Å². The van der Waals surface area contributed by atoms with E-state index in [1.54, 1.807) is 12.1 Å². The molecule has 0 spiro atoms. The van der Waals surface area contributed by atoms with Gasteiger partial charge in [0.1, 0.15) is 0 Å². The third-order valence-electron chi connectivity index (χ3n) is 5.25. The van der Waals surface area contributed by atoms with Crippen molar-refractivity contribution in [3.05, 3.63) is 43.8 Å². The van der Waals surface area contributed by atoms with Crippen molar-refractivity contribution < 1.29 is 24.2 Å². The second-order valence-corrected chi connectivity index (χ2v) is 9.14. The molecule has 0 fully saturated rings. The molecule has 0 amide bonds. The van der Waals surface area contributed by atoms with Gasteiger partial charge in [-0.15, -0.1) is 0 Å². The van der Waals surface area contributed by atoms with Gasteiger partial charge in [0, 0.05) is 29.3 Å². The van der Waals surface area contributed by atoms with Crippen molar-refractivity contribution >= 4 is 34.3 Å². The Bertz CT molecular complexity index is 929. The molecule has 6 nitrogen and oxygen atoms in total. The summed E-state index contributed by atoms with van der Waals surface area (Å²) in [7, 11) is 2.80. The van der Waals surface area contributed by atoms with E-state index in [2.05, 4.69) is 19.2 Å². The fourth-order valence-electron chi connectivity index (χ4n) is 4.07. The van der Waals surface area contributed by atoms with Gasteiger partial charge in [-0.3, -0.25) is 4.79 Å². The van der Waals surface area contributed by atoms with E-state index in [4.69, 9.17) is 9.47 Å². The van der Waals surface area contributed by atoms with Crippen LogP contribution in [0.25, 0.3) is 0 Å². The quantitative estimate of drug-likeness (QED) is 0.489. The third kappa shape index (κ3) is 3.52. The van der Waals surface area contributed by atoms with Crippen LogP contribution in [0.2, 0.25) is 0 Å². The number of hydrogen-bond acceptors (Lipinski definition) is 6. The average Bonchev–Trinajstić information content (AvgIpc) is 2.61. The van der Waals surface area contributed by atoms with Crippen LogP contribution in [0.1, 0.15) is 45.1 Å². The van der Waals surface area contributed by atoms with Gasteiger partial charge in [-0.2, -0.15) is 0 Å². The van der Waals surface area contributed by atoms with Crippen LogP contribution in [0, 0.1) is 8.99 Å². The molecule has 2 aliphatic rings. The standard InChI is InChI=1S/C21H24INO5/c1-10-16(20(26)28-5)17(11-6-12(22)19(25)15(7-11)27-4)18-13(23-10)8-21(2,3)9-14(18)24/h6-7,17,23,25H,8-9H2,1-5H3/t17-/m0/s1. The van der Waals surface area contributed by atoms with Crippen molar-refractivity contribution in [2.24, 2.45) is 5.41 Å². The number of carbonyl (C=O) groups is 2. The van der Waals surface area contributed by atoms with E-state index in [0.29, 0.717) is 44.6 Å². The first-order valence-electron chi connectivity index (χ1n) is 8.98. The molecule has 1 aliphatic carbocycles. The fraction of sp³-hybridized carbons (Fsp3) is 0.429. The molecule has 7 heteroatoms. The molecule has 1 heterocycles. The Balaban J connectivity index is 2.27. The summed E-state index contributed by atoms with van der Waals surface area (Å²) in [6.07, 6.45) is 1.12. The summed E-state index contributed by atoms with van der Waals surface area (Å²) in [4.78, 5) is 25.8. The summed E-state index contributed by atoms with van der Waals surface area (Å²) in [6, 6.07) is 3.46. The molecule has 150 valence electrons. The highest BCUT2D eigenvalue weighted by atomic mass is 127. The van der Waals surface area contributed by atoms with Crippen LogP contribution in [0.15, 0.2) is 34.7 Å². The van der Waals surface area contributed by atoms with Gasteiger partial charge in [-0.05, 0) is 59.0 Å². The topological polar surface area (TPSA) is 84.9 Å². The minimum atomic E-state index is -0.574. The maximum absolute atomic E-state index is 13.1. The van der Waals surface area contributed by atoms with Crippen molar-refractivity contribution in [2.45, 2.75) is 39.5 Å². The fourth-order valence-corrected chi connectivity index (χ4v) is 4.69. The number of hydrogen-bond donors (Lipinski definition) is 2. The lowest BCUT2D eigenvalue weighted by molar-refractivity contribution is -0.136. The monoisotopic (exact) mass is 497 g/mol. The number of benzene rings is 1. The molecular formula is C21H24INO5. The number of ketones is 1. The first-order valence-corrected chi connectivity index (χ1v) is 10.1. The summed E-state index contributed by atoms with van der Waals surface area (Å²) in [5, 5.41) is 13.5. The highest BCUT2D eigenvalue weighted by Gasteiger charge is 2.43. The van der Waals surface area contributed by atoms with Crippen molar-refractivity contribution in [1.82, 2.24) is 5.32 Å². The summed E-state index contributed by atoms with van der Waals surface area (Å²) in [5.74, 6) is -0.712. The van der Waals surface area contributed by atoms with E-state index >= 15 is 0 Å². The Hall–Kier alpha value is -2.03. The third-order valence-corrected chi connectivity index (χ3v) is 6.07. The number of carbonyl (C=O) groups excluding carboxylic acids is 2. The molecule has 1 aromatic rings. The second kappa shape index (κ2) is 7.42. The molecule has 1 aromatic carbocycles. The lowest BCUT2D eigenvalue weighted by atomic mass is 9.68. The maximum atomic E-state index is 13.1. The average molecular weight is 497 g/mol. The minimum Gasteiger partial charge on any atom is -0.504 e. The normalized spacial score (nSPS) is 21.2. The van der Waals surface area contributed by atoms with Crippen LogP contribution in [0.4, 0.5) is 0 Å².